The van der Waals surface area contributed by atoms with E-state index in [1.807, 2.05) is 18.2 Å². The zero-order chi connectivity index (χ0) is 13.4. The smallest absolute Gasteiger partial charge is 0.238 e. The average molecular weight is 265 g/mol. The molecule has 6 heteroatoms. The molecular weight excluding hydrogens is 250 g/mol. The predicted octanol–water partition coefficient (Wildman–Crippen LogP) is 0.260. The maximum Gasteiger partial charge on any atom is 0.238 e. The van der Waals surface area contributed by atoms with Crippen LogP contribution in [-0.2, 0) is 10.0 Å². The highest BCUT2D eigenvalue weighted by atomic mass is 32.2. The highest BCUT2D eigenvalue weighted by Gasteiger charge is 2.28. The Labute approximate surface area is 106 Å². The molecule has 5 nitrogen and oxygen atoms in total. The maximum absolute atomic E-state index is 11.6. The van der Waals surface area contributed by atoms with E-state index in [0.29, 0.717) is 5.57 Å². The molecule has 0 radical (unpaired) electrons. The number of primary sulfonamides is 1. The van der Waals surface area contributed by atoms with Gasteiger partial charge in [0.1, 0.15) is 0 Å². The lowest BCUT2D eigenvalue weighted by Gasteiger charge is -2.27. The van der Waals surface area contributed by atoms with Crippen molar-refractivity contribution in [1.29, 1.82) is 0 Å². The molecule has 0 aromatic heterocycles. The summed E-state index contributed by atoms with van der Waals surface area (Å²) in [7, 11) is -3.79. The SMILES string of the molecule is NC1(N)C=CC(S(N)(=O)=O)=C(c2ccccc2)C1. The highest BCUT2D eigenvalue weighted by Crippen LogP contribution is 2.32. The molecule has 6 N–H and O–H groups in total. The highest BCUT2D eigenvalue weighted by molar-refractivity contribution is 7.93. The van der Waals surface area contributed by atoms with Crippen LogP contribution < -0.4 is 16.6 Å². The molecule has 2 rings (SSSR count). The summed E-state index contributed by atoms with van der Waals surface area (Å²) in [5.41, 5.74) is 11.9. The average Bonchev–Trinajstić information content (AvgIpc) is 2.27. The van der Waals surface area contributed by atoms with E-state index in [9.17, 15) is 8.42 Å². The minimum atomic E-state index is -3.79. The molecular formula is C12H15N3O2S. The van der Waals surface area contributed by atoms with Crippen LogP contribution in [0.4, 0.5) is 0 Å². The quantitative estimate of drug-likeness (QED) is 0.666. The number of hydrogen-bond donors (Lipinski definition) is 3. The van der Waals surface area contributed by atoms with Gasteiger partial charge in [-0.25, -0.2) is 13.6 Å². The summed E-state index contributed by atoms with van der Waals surface area (Å²) in [5.74, 6) is 0. The maximum atomic E-state index is 11.6. The van der Waals surface area contributed by atoms with Gasteiger partial charge in [0.25, 0.3) is 0 Å². The molecule has 1 aliphatic carbocycles. The molecule has 0 fully saturated rings. The van der Waals surface area contributed by atoms with E-state index < -0.39 is 15.7 Å². The second kappa shape index (κ2) is 4.33. The molecule has 1 aromatic rings. The first kappa shape index (κ1) is 13.0. The Morgan fingerprint density at radius 3 is 2.28 bits per heavy atom. The van der Waals surface area contributed by atoms with Gasteiger partial charge in [-0.2, -0.15) is 0 Å². The first-order chi connectivity index (χ1) is 8.30. The third-order valence-electron chi connectivity index (χ3n) is 2.75. The van der Waals surface area contributed by atoms with Crippen LogP contribution in [0.5, 0.6) is 0 Å². The van der Waals surface area contributed by atoms with Crippen molar-refractivity contribution < 1.29 is 8.42 Å². The Kier molecular flexibility index (Phi) is 3.12. The van der Waals surface area contributed by atoms with E-state index >= 15 is 0 Å². The van der Waals surface area contributed by atoms with Gasteiger partial charge < -0.3 is 11.5 Å². The zero-order valence-electron chi connectivity index (χ0n) is 9.71. The van der Waals surface area contributed by atoms with Crippen molar-refractivity contribution in [2.45, 2.75) is 12.1 Å². The molecule has 0 bridgehead atoms. The fourth-order valence-electron chi connectivity index (χ4n) is 1.93. The van der Waals surface area contributed by atoms with E-state index in [1.165, 1.54) is 12.2 Å². The van der Waals surface area contributed by atoms with Crippen molar-refractivity contribution >= 4 is 15.6 Å². The van der Waals surface area contributed by atoms with Gasteiger partial charge in [-0.3, -0.25) is 0 Å². The summed E-state index contributed by atoms with van der Waals surface area (Å²) in [6.07, 6.45) is 3.06. The molecule has 0 aliphatic heterocycles. The first-order valence-corrected chi connectivity index (χ1v) is 6.93. The first-order valence-electron chi connectivity index (χ1n) is 5.38. The largest absolute Gasteiger partial charge is 0.310 e. The number of rotatable bonds is 2. The van der Waals surface area contributed by atoms with Crippen molar-refractivity contribution in [3.8, 4) is 0 Å². The second-order valence-electron chi connectivity index (χ2n) is 4.38. The Morgan fingerprint density at radius 2 is 1.72 bits per heavy atom. The molecule has 0 saturated carbocycles. The second-order valence-corrected chi connectivity index (χ2v) is 5.91. The molecule has 0 heterocycles. The van der Waals surface area contributed by atoms with E-state index in [2.05, 4.69) is 0 Å². The van der Waals surface area contributed by atoms with Crippen LogP contribution >= 0.6 is 0 Å². The monoisotopic (exact) mass is 265 g/mol. The van der Waals surface area contributed by atoms with Crippen molar-refractivity contribution in [2.24, 2.45) is 16.6 Å². The minimum absolute atomic E-state index is 0.0697. The van der Waals surface area contributed by atoms with Gasteiger partial charge >= 0.3 is 0 Å². The third-order valence-corrected chi connectivity index (χ3v) is 3.75. The number of allylic oxidation sites excluding steroid dienone is 1. The van der Waals surface area contributed by atoms with Crippen LogP contribution in [0.3, 0.4) is 0 Å². The van der Waals surface area contributed by atoms with Gasteiger partial charge in [-0.05, 0) is 23.3 Å². The van der Waals surface area contributed by atoms with Gasteiger partial charge in [0, 0.05) is 6.42 Å². The molecule has 0 unspecified atom stereocenters. The van der Waals surface area contributed by atoms with Crippen LogP contribution in [0, 0.1) is 0 Å². The summed E-state index contributed by atoms with van der Waals surface area (Å²) < 4.78 is 23.1. The molecule has 1 aromatic carbocycles. The Balaban J connectivity index is 2.63. The number of sulfonamides is 1. The van der Waals surface area contributed by atoms with Gasteiger partial charge in [0.05, 0.1) is 10.6 Å². The molecule has 0 atom stereocenters. The van der Waals surface area contributed by atoms with E-state index in [-0.39, 0.29) is 11.3 Å². The molecule has 0 spiro atoms. The molecule has 96 valence electrons. The van der Waals surface area contributed by atoms with Crippen LogP contribution in [0.2, 0.25) is 0 Å². The van der Waals surface area contributed by atoms with Gasteiger partial charge in [0.15, 0.2) is 0 Å². The number of nitrogens with two attached hydrogens (primary N) is 3. The van der Waals surface area contributed by atoms with E-state index in [0.717, 1.165) is 5.56 Å². The Bertz CT molecular complexity index is 616. The summed E-state index contributed by atoms with van der Waals surface area (Å²) in [6.45, 7) is 0. The van der Waals surface area contributed by atoms with Crippen molar-refractivity contribution in [1.82, 2.24) is 0 Å². The van der Waals surface area contributed by atoms with Gasteiger partial charge in [-0.1, -0.05) is 30.3 Å². The zero-order valence-corrected chi connectivity index (χ0v) is 10.5. The lowest BCUT2D eigenvalue weighted by atomic mass is 9.91. The summed E-state index contributed by atoms with van der Waals surface area (Å²) in [5, 5.41) is 5.21. The van der Waals surface area contributed by atoms with Crippen LogP contribution in [0.15, 0.2) is 47.4 Å². The van der Waals surface area contributed by atoms with Crippen LogP contribution in [0.25, 0.3) is 5.57 Å². The van der Waals surface area contributed by atoms with Crippen molar-refractivity contribution in [3.63, 3.8) is 0 Å². The molecule has 0 saturated heterocycles. The number of benzene rings is 1. The normalized spacial score (nSPS) is 19.1. The fourth-order valence-corrected chi connectivity index (χ4v) is 2.73. The minimum Gasteiger partial charge on any atom is -0.310 e. The van der Waals surface area contributed by atoms with Gasteiger partial charge in [0.2, 0.25) is 10.0 Å². The summed E-state index contributed by atoms with van der Waals surface area (Å²) >= 11 is 0. The Hall–Kier alpha value is -1.47. The molecule has 18 heavy (non-hydrogen) atoms. The lowest BCUT2D eigenvalue weighted by Crippen LogP contribution is -2.48. The summed E-state index contributed by atoms with van der Waals surface area (Å²) in [6, 6.07) is 9.08. The van der Waals surface area contributed by atoms with Crippen molar-refractivity contribution in [2.75, 3.05) is 0 Å². The third kappa shape index (κ3) is 2.68. The van der Waals surface area contributed by atoms with E-state index in [1.54, 1.807) is 12.1 Å². The molecule has 1 aliphatic rings. The van der Waals surface area contributed by atoms with Crippen LogP contribution in [-0.4, -0.2) is 14.1 Å². The lowest BCUT2D eigenvalue weighted by molar-refractivity contribution is 0.563. The van der Waals surface area contributed by atoms with Crippen LogP contribution in [0.1, 0.15) is 12.0 Å². The summed E-state index contributed by atoms with van der Waals surface area (Å²) in [4.78, 5) is 0.0697. The van der Waals surface area contributed by atoms with Crippen molar-refractivity contribution in [3.05, 3.63) is 53.0 Å². The fraction of sp³-hybridized carbons (Fsp3) is 0.167. The predicted molar refractivity (Wildman–Crippen MR) is 71.3 cm³/mol. The number of hydrogen-bond acceptors (Lipinski definition) is 4. The standard InChI is InChI=1S/C12H15N3O2S/c13-12(14)7-6-11(18(15,16)17)10(8-12)9-4-2-1-3-5-9/h1-7H,8,13-14H2,(H2,15,16,17). The van der Waals surface area contributed by atoms with Gasteiger partial charge in [-0.15, -0.1) is 0 Å². The topological polar surface area (TPSA) is 112 Å². The molecule has 0 amide bonds. The Morgan fingerprint density at radius 1 is 1.11 bits per heavy atom. The van der Waals surface area contributed by atoms with E-state index in [4.69, 9.17) is 16.6 Å².